The first-order chi connectivity index (χ1) is 9.83. The van der Waals surface area contributed by atoms with E-state index in [4.69, 9.17) is 4.74 Å². The van der Waals surface area contributed by atoms with Crippen LogP contribution in [0.5, 0.6) is 0 Å². The standard InChI is InChI=1S/C17H23NO2/c19-17(18-12-16-6-3-11-20-16)15-9-7-14(8-10-15)13-4-1-2-5-13/h7-10,13,16H,1-6,11-12H2,(H,18,19). The van der Waals surface area contributed by atoms with Gasteiger partial charge in [-0.3, -0.25) is 4.79 Å². The fourth-order valence-electron chi connectivity index (χ4n) is 3.28. The van der Waals surface area contributed by atoms with Crippen LogP contribution in [-0.2, 0) is 4.74 Å². The second kappa shape index (κ2) is 6.40. The summed E-state index contributed by atoms with van der Waals surface area (Å²) in [6, 6.07) is 8.16. The van der Waals surface area contributed by atoms with E-state index in [0.29, 0.717) is 12.5 Å². The van der Waals surface area contributed by atoms with Crippen molar-refractivity contribution < 1.29 is 9.53 Å². The zero-order valence-corrected chi connectivity index (χ0v) is 11.9. The summed E-state index contributed by atoms with van der Waals surface area (Å²) in [5, 5.41) is 2.97. The van der Waals surface area contributed by atoms with Gasteiger partial charge in [0.25, 0.3) is 5.91 Å². The first-order valence-corrected chi connectivity index (χ1v) is 7.83. The molecule has 1 atom stereocenters. The highest BCUT2D eigenvalue weighted by molar-refractivity contribution is 5.94. The maximum Gasteiger partial charge on any atom is 0.251 e. The maximum absolute atomic E-state index is 12.1. The summed E-state index contributed by atoms with van der Waals surface area (Å²) in [7, 11) is 0. The normalized spacial score (nSPS) is 23.1. The van der Waals surface area contributed by atoms with Crippen LogP contribution in [0.3, 0.4) is 0 Å². The van der Waals surface area contributed by atoms with Crippen LogP contribution in [0.25, 0.3) is 0 Å². The average molecular weight is 273 g/mol. The molecule has 0 bridgehead atoms. The Morgan fingerprint density at radius 1 is 1.10 bits per heavy atom. The number of carbonyl (C=O) groups excluding carboxylic acids is 1. The summed E-state index contributed by atoms with van der Waals surface area (Å²) in [5.41, 5.74) is 2.14. The number of ether oxygens (including phenoxy) is 1. The van der Waals surface area contributed by atoms with Crippen LogP contribution in [0.4, 0.5) is 0 Å². The smallest absolute Gasteiger partial charge is 0.251 e. The van der Waals surface area contributed by atoms with Gasteiger partial charge in [0.2, 0.25) is 0 Å². The van der Waals surface area contributed by atoms with Gasteiger partial charge in [0, 0.05) is 18.7 Å². The Bertz CT molecular complexity index is 443. The lowest BCUT2D eigenvalue weighted by Crippen LogP contribution is -2.31. The van der Waals surface area contributed by atoms with Crippen molar-refractivity contribution in [1.29, 1.82) is 0 Å². The van der Waals surface area contributed by atoms with Crippen LogP contribution >= 0.6 is 0 Å². The Hall–Kier alpha value is -1.35. The zero-order valence-electron chi connectivity index (χ0n) is 11.9. The van der Waals surface area contributed by atoms with Crippen molar-refractivity contribution in [3.05, 3.63) is 35.4 Å². The second-order valence-electron chi connectivity index (χ2n) is 5.95. The van der Waals surface area contributed by atoms with Crippen LogP contribution in [0, 0.1) is 0 Å². The van der Waals surface area contributed by atoms with E-state index in [-0.39, 0.29) is 12.0 Å². The SMILES string of the molecule is O=C(NCC1CCCO1)c1ccc(C2CCCC2)cc1. The fraction of sp³-hybridized carbons (Fsp3) is 0.588. The van der Waals surface area contributed by atoms with Crippen molar-refractivity contribution >= 4 is 5.91 Å². The van der Waals surface area contributed by atoms with Gasteiger partial charge in [-0.15, -0.1) is 0 Å². The van der Waals surface area contributed by atoms with E-state index < -0.39 is 0 Å². The molecule has 1 heterocycles. The van der Waals surface area contributed by atoms with E-state index in [1.807, 2.05) is 12.1 Å². The molecule has 0 radical (unpaired) electrons. The number of amides is 1. The van der Waals surface area contributed by atoms with E-state index in [2.05, 4.69) is 17.4 Å². The summed E-state index contributed by atoms with van der Waals surface area (Å²) in [6.45, 7) is 1.46. The van der Waals surface area contributed by atoms with Gasteiger partial charge in [0.05, 0.1) is 6.10 Å². The van der Waals surface area contributed by atoms with Crippen LogP contribution in [-0.4, -0.2) is 25.2 Å². The van der Waals surface area contributed by atoms with Gasteiger partial charge < -0.3 is 10.1 Å². The molecular formula is C17H23NO2. The first-order valence-electron chi connectivity index (χ1n) is 7.83. The van der Waals surface area contributed by atoms with Crippen molar-refractivity contribution in [3.63, 3.8) is 0 Å². The van der Waals surface area contributed by atoms with Gasteiger partial charge in [-0.05, 0) is 49.3 Å². The third-order valence-electron chi connectivity index (χ3n) is 4.51. The summed E-state index contributed by atoms with van der Waals surface area (Å²) < 4.78 is 5.51. The van der Waals surface area contributed by atoms with Crippen LogP contribution in [0.15, 0.2) is 24.3 Å². The van der Waals surface area contributed by atoms with Crippen LogP contribution < -0.4 is 5.32 Å². The Morgan fingerprint density at radius 3 is 2.50 bits per heavy atom. The largest absolute Gasteiger partial charge is 0.376 e. The zero-order chi connectivity index (χ0) is 13.8. The molecule has 3 rings (SSSR count). The maximum atomic E-state index is 12.1. The molecule has 2 fully saturated rings. The highest BCUT2D eigenvalue weighted by Gasteiger charge is 2.18. The third-order valence-corrected chi connectivity index (χ3v) is 4.51. The number of nitrogens with one attached hydrogen (secondary N) is 1. The third kappa shape index (κ3) is 3.21. The number of benzene rings is 1. The molecule has 1 aliphatic heterocycles. The lowest BCUT2D eigenvalue weighted by atomic mass is 9.96. The molecule has 20 heavy (non-hydrogen) atoms. The molecule has 1 aliphatic carbocycles. The van der Waals surface area contributed by atoms with Gasteiger partial charge in [-0.1, -0.05) is 25.0 Å². The second-order valence-corrected chi connectivity index (χ2v) is 5.95. The molecule has 1 aromatic rings. The van der Waals surface area contributed by atoms with Gasteiger partial charge in [0.1, 0.15) is 0 Å². The monoisotopic (exact) mass is 273 g/mol. The topological polar surface area (TPSA) is 38.3 Å². The molecule has 1 aromatic carbocycles. The van der Waals surface area contributed by atoms with Gasteiger partial charge in [0.15, 0.2) is 0 Å². The minimum Gasteiger partial charge on any atom is -0.376 e. The molecule has 3 nitrogen and oxygen atoms in total. The average Bonchev–Trinajstić information content (AvgIpc) is 3.18. The molecule has 0 aromatic heterocycles. The molecule has 1 N–H and O–H groups in total. The molecule has 1 amide bonds. The molecule has 0 spiro atoms. The van der Waals surface area contributed by atoms with Crippen molar-refractivity contribution in [1.82, 2.24) is 5.32 Å². The van der Waals surface area contributed by atoms with Crippen molar-refractivity contribution in [2.24, 2.45) is 0 Å². The Kier molecular flexibility index (Phi) is 4.36. The van der Waals surface area contributed by atoms with Gasteiger partial charge >= 0.3 is 0 Å². The number of carbonyl (C=O) groups is 1. The predicted molar refractivity (Wildman–Crippen MR) is 79.0 cm³/mol. The molecule has 2 aliphatic rings. The summed E-state index contributed by atoms with van der Waals surface area (Å²) >= 11 is 0. The van der Waals surface area contributed by atoms with Crippen molar-refractivity contribution in [2.75, 3.05) is 13.2 Å². The molecule has 1 unspecified atom stereocenters. The first kappa shape index (κ1) is 13.6. The predicted octanol–water partition coefficient (Wildman–Crippen LogP) is 3.25. The van der Waals surface area contributed by atoms with E-state index in [1.165, 1.54) is 31.2 Å². The van der Waals surface area contributed by atoms with E-state index in [1.54, 1.807) is 0 Å². The van der Waals surface area contributed by atoms with Gasteiger partial charge in [-0.2, -0.15) is 0 Å². The van der Waals surface area contributed by atoms with Crippen molar-refractivity contribution in [2.45, 2.75) is 50.5 Å². The molecule has 1 saturated carbocycles. The highest BCUT2D eigenvalue weighted by Crippen LogP contribution is 2.33. The minimum absolute atomic E-state index is 0.0125. The fourth-order valence-corrected chi connectivity index (χ4v) is 3.28. The van der Waals surface area contributed by atoms with E-state index in [9.17, 15) is 4.79 Å². The summed E-state index contributed by atoms with van der Waals surface area (Å²) in [5.74, 6) is 0.720. The number of hydrogen-bond acceptors (Lipinski definition) is 2. The number of rotatable bonds is 4. The summed E-state index contributed by atoms with van der Waals surface area (Å²) in [6.07, 6.45) is 7.65. The Morgan fingerprint density at radius 2 is 1.85 bits per heavy atom. The number of hydrogen-bond donors (Lipinski definition) is 1. The highest BCUT2D eigenvalue weighted by atomic mass is 16.5. The quantitative estimate of drug-likeness (QED) is 0.914. The lowest BCUT2D eigenvalue weighted by Gasteiger charge is -2.12. The molecule has 3 heteroatoms. The Balaban J connectivity index is 1.54. The Labute approximate surface area is 120 Å². The summed E-state index contributed by atoms with van der Waals surface area (Å²) in [4.78, 5) is 12.1. The molecule has 108 valence electrons. The van der Waals surface area contributed by atoms with Crippen molar-refractivity contribution in [3.8, 4) is 0 Å². The molecular weight excluding hydrogens is 250 g/mol. The minimum atomic E-state index is 0.0125. The molecule has 1 saturated heterocycles. The van der Waals surface area contributed by atoms with Crippen LogP contribution in [0.1, 0.15) is 60.4 Å². The lowest BCUT2D eigenvalue weighted by molar-refractivity contribution is 0.0858. The van der Waals surface area contributed by atoms with Crippen LogP contribution in [0.2, 0.25) is 0 Å². The van der Waals surface area contributed by atoms with E-state index >= 15 is 0 Å². The van der Waals surface area contributed by atoms with Gasteiger partial charge in [-0.25, -0.2) is 0 Å². The van der Waals surface area contributed by atoms with E-state index in [0.717, 1.165) is 25.0 Å².